The Kier molecular flexibility index (Phi) is 4.86. The molecule has 2 aliphatic heterocycles. The van der Waals surface area contributed by atoms with Gasteiger partial charge in [-0.15, -0.1) is 0 Å². The van der Waals surface area contributed by atoms with Crippen LogP contribution >= 0.6 is 0 Å². The second kappa shape index (κ2) is 7.67. The van der Waals surface area contributed by atoms with Gasteiger partial charge in [-0.05, 0) is 26.7 Å². The van der Waals surface area contributed by atoms with Crippen molar-refractivity contribution in [2.24, 2.45) is 0 Å². The maximum Gasteiger partial charge on any atom is 0.269 e. The summed E-state index contributed by atoms with van der Waals surface area (Å²) < 4.78 is 8.83. The van der Waals surface area contributed by atoms with E-state index in [-0.39, 0.29) is 11.6 Å². The molecule has 0 aromatic carbocycles. The van der Waals surface area contributed by atoms with Gasteiger partial charge in [0.25, 0.3) is 11.3 Å². The van der Waals surface area contributed by atoms with Gasteiger partial charge in [0.05, 0.1) is 31.1 Å². The van der Waals surface area contributed by atoms with Crippen LogP contribution in [0, 0.1) is 13.8 Å². The van der Waals surface area contributed by atoms with E-state index in [9.17, 15) is 4.79 Å². The van der Waals surface area contributed by atoms with Crippen LogP contribution in [0.4, 0.5) is 11.5 Å². The topological polar surface area (TPSA) is 93.7 Å². The molecule has 0 bridgehead atoms. The molecule has 2 saturated heterocycles. The summed E-state index contributed by atoms with van der Waals surface area (Å²) in [6.07, 6.45) is 5.23. The number of morpholine rings is 1. The predicted octanol–water partition coefficient (Wildman–Crippen LogP) is 0.976. The van der Waals surface area contributed by atoms with Crippen molar-refractivity contribution >= 4 is 17.3 Å². The number of rotatable bonds is 3. The van der Waals surface area contributed by atoms with Crippen LogP contribution in [0.25, 0.3) is 5.78 Å². The zero-order chi connectivity index (χ0) is 20.7. The monoisotopic (exact) mass is 410 g/mol. The third-order valence-electron chi connectivity index (χ3n) is 6.11. The first-order valence-corrected chi connectivity index (χ1v) is 10.5. The second-order valence-corrected chi connectivity index (χ2v) is 7.96. The fraction of sp³-hybridized carbons (Fsp3) is 0.550. The number of aryl methyl sites for hydroxylation is 1. The van der Waals surface area contributed by atoms with Gasteiger partial charge in [0.2, 0.25) is 0 Å². The lowest BCUT2D eigenvalue weighted by atomic mass is 10.0. The minimum atomic E-state index is -0.0561. The first-order chi connectivity index (χ1) is 14.6. The summed E-state index contributed by atoms with van der Waals surface area (Å²) in [6.45, 7) is 8.59. The first-order valence-electron chi connectivity index (χ1n) is 10.5. The molecule has 1 atom stereocenters. The van der Waals surface area contributed by atoms with Crippen LogP contribution < -0.4 is 15.4 Å². The van der Waals surface area contributed by atoms with Gasteiger partial charge in [-0.1, -0.05) is 0 Å². The molecule has 0 aliphatic carbocycles. The fourth-order valence-corrected chi connectivity index (χ4v) is 4.41. The minimum Gasteiger partial charge on any atom is -0.378 e. The van der Waals surface area contributed by atoms with E-state index < -0.39 is 0 Å². The van der Waals surface area contributed by atoms with Crippen molar-refractivity contribution in [1.29, 1.82) is 0 Å². The lowest BCUT2D eigenvalue weighted by Crippen LogP contribution is -2.42. The molecule has 2 aliphatic rings. The van der Waals surface area contributed by atoms with Crippen molar-refractivity contribution in [2.75, 3.05) is 49.2 Å². The summed E-state index contributed by atoms with van der Waals surface area (Å²) in [7, 11) is 0. The maximum atomic E-state index is 12.9. The molecular weight excluding hydrogens is 384 g/mol. The quantitative estimate of drug-likeness (QED) is 0.631. The molecule has 5 rings (SSSR count). The molecular formula is C20H26N8O2. The minimum absolute atomic E-state index is 0.0106. The summed E-state index contributed by atoms with van der Waals surface area (Å²) in [6, 6.07) is 1.71. The van der Waals surface area contributed by atoms with Crippen molar-refractivity contribution in [2.45, 2.75) is 32.7 Å². The highest BCUT2D eigenvalue weighted by molar-refractivity contribution is 5.54. The van der Waals surface area contributed by atoms with Gasteiger partial charge < -0.3 is 14.5 Å². The van der Waals surface area contributed by atoms with Crippen LogP contribution in [-0.4, -0.2) is 68.8 Å². The molecule has 158 valence electrons. The number of piperidine rings is 1. The molecule has 10 heteroatoms. The van der Waals surface area contributed by atoms with Gasteiger partial charge in [0, 0.05) is 43.5 Å². The molecule has 0 radical (unpaired) electrons. The zero-order valence-corrected chi connectivity index (χ0v) is 17.4. The van der Waals surface area contributed by atoms with Crippen molar-refractivity contribution in [1.82, 2.24) is 29.4 Å². The SMILES string of the molecule is Cc1nc2ncnn2c(N2CCC[C@H](n3ncc(N4CCOCC4)cc3=O)C2)c1C. The van der Waals surface area contributed by atoms with E-state index in [4.69, 9.17) is 4.74 Å². The van der Waals surface area contributed by atoms with E-state index in [1.807, 2.05) is 13.1 Å². The Hall–Kier alpha value is -3.01. The highest BCUT2D eigenvalue weighted by Crippen LogP contribution is 2.28. The summed E-state index contributed by atoms with van der Waals surface area (Å²) in [5, 5.41) is 8.92. The zero-order valence-electron chi connectivity index (χ0n) is 17.4. The number of nitrogens with zero attached hydrogens (tertiary/aromatic N) is 8. The number of fused-ring (bicyclic) bond motifs is 1. The van der Waals surface area contributed by atoms with Crippen LogP contribution in [0.5, 0.6) is 0 Å². The molecule has 0 unspecified atom stereocenters. The molecule has 5 heterocycles. The highest BCUT2D eigenvalue weighted by atomic mass is 16.5. The summed E-state index contributed by atoms with van der Waals surface area (Å²) in [4.78, 5) is 26.1. The van der Waals surface area contributed by atoms with E-state index in [2.05, 4.69) is 36.9 Å². The molecule has 2 fully saturated rings. The number of anilines is 2. The smallest absolute Gasteiger partial charge is 0.269 e. The summed E-state index contributed by atoms with van der Waals surface area (Å²) >= 11 is 0. The Morgan fingerprint density at radius 3 is 2.73 bits per heavy atom. The Bertz CT molecular complexity index is 1120. The Balaban J connectivity index is 1.43. The van der Waals surface area contributed by atoms with Gasteiger partial charge in [-0.2, -0.15) is 19.7 Å². The van der Waals surface area contributed by atoms with Crippen LogP contribution in [0.2, 0.25) is 0 Å². The van der Waals surface area contributed by atoms with Gasteiger partial charge >= 0.3 is 0 Å². The van der Waals surface area contributed by atoms with E-state index in [1.54, 1.807) is 15.3 Å². The highest BCUT2D eigenvalue weighted by Gasteiger charge is 2.27. The normalized spacial score (nSPS) is 20.1. The number of hydrogen-bond acceptors (Lipinski definition) is 8. The molecule has 0 N–H and O–H groups in total. The molecule has 0 amide bonds. The summed E-state index contributed by atoms with van der Waals surface area (Å²) in [5.41, 5.74) is 2.84. The average Bonchev–Trinajstić information content (AvgIpc) is 3.23. The average molecular weight is 410 g/mol. The van der Waals surface area contributed by atoms with Crippen LogP contribution in [0.1, 0.15) is 30.1 Å². The van der Waals surface area contributed by atoms with Crippen molar-refractivity contribution in [3.05, 3.63) is 40.2 Å². The number of hydrogen-bond donors (Lipinski definition) is 0. The third-order valence-corrected chi connectivity index (χ3v) is 6.11. The van der Waals surface area contributed by atoms with Crippen LogP contribution in [0.15, 0.2) is 23.4 Å². The molecule has 3 aromatic rings. The number of ether oxygens (including phenoxy) is 1. The standard InChI is InChI=1S/C20H26N8O2/c1-14-15(2)24-20-21-13-23-28(20)19(14)26-5-3-4-16(12-26)27-18(29)10-17(11-22-27)25-6-8-30-9-7-25/h10-11,13,16H,3-9,12H2,1-2H3/t16-/m0/s1. The van der Waals surface area contributed by atoms with Gasteiger partial charge in [0.1, 0.15) is 12.1 Å². The Morgan fingerprint density at radius 2 is 1.93 bits per heavy atom. The molecule has 3 aromatic heterocycles. The maximum absolute atomic E-state index is 12.9. The second-order valence-electron chi connectivity index (χ2n) is 7.96. The third kappa shape index (κ3) is 3.30. The van der Waals surface area contributed by atoms with E-state index in [0.29, 0.717) is 25.5 Å². The van der Waals surface area contributed by atoms with Gasteiger partial charge in [-0.3, -0.25) is 4.79 Å². The Morgan fingerprint density at radius 1 is 1.10 bits per heavy atom. The molecule has 0 saturated carbocycles. The van der Waals surface area contributed by atoms with E-state index in [1.165, 1.54) is 6.33 Å². The van der Waals surface area contributed by atoms with Crippen LogP contribution in [0.3, 0.4) is 0 Å². The molecule has 30 heavy (non-hydrogen) atoms. The summed E-state index contributed by atoms with van der Waals surface area (Å²) in [5.74, 6) is 1.60. The lowest BCUT2D eigenvalue weighted by molar-refractivity contribution is 0.122. The van der Waals surface area contributed by atoms with Gasteiger partial charge in [-0.25, -0.2) is 9.67 Å². The largest absolute Gasteiger partial charge is 0.378 e. The van der Waals surface area contributed by atoms with Gasteiger partial charge in [0.15, 0.2) is 0 Å². The first kappa shape index (κ1) is 19.0. The van der Waals surface area contributed by atoms with Crippen molar-refractivity contribution in [3.63, 3.8) is 0 Å². The van der Waals surface area contributed by atoms with Crippen molar-refractivity contribution < 1.29 is 4.74 Å². The lowest BCUT2D eigenvalue weighted by Gasteiger charge is -2.35. The molecule has 0 spiro atoms. The fourth-order valence-electron chi connectivity index (χ4n) is 4.41. The predicted molar refractivity (Wildman–Crippen MR) is 112 cm³/mol. The van der Waals surface area contributed by atoms with Crippen LogP contribution in [-0.2, 0) is 4.74 Å². The van der Waals surface area contributed by atoms with E-state index >= 15 is 0 Å². The number of aromatic nitrogens is 6. The molecule has 10 nitrogen and oxygen atoms in total. The Labute approximate surface area is 174 Å². The van der Waals surface area contributed by atoms with Crippen molar-refractivity contribution in [3.8, 4) is 0 Å². The van der Waals surface area contributed by atoms with E-state index in [0.717, 1.165) is 55.2 Å².